The van der Waals surface area contributed by atoms with E-state index in [-0.39, 0.29) is 5.70 Å². The maximum Gasteiger partial charge on any atom is 0.482 e. The van der Waals surface area contributed by atoms with E-state index in [0.717, 1.165) is 31.1 Å². The topological polar surface area (TPSA) is 40.0 Å². The second-order valence-electron chi connectivity index (χ2n) is 5.69. The fourth-order valence-corrected chi connectivity index (χ4v) is 2.42. The van der Waals surface area contributed by atoms with Gasteiger partial charge >= 0.3 is 6.30 Å². The Bertz CT molecular complexity index is 675. The summed E-state index contributed by atoms with van der Waals surface area (Å²) >= 11 is 0. The zero-order valence-electron chi connectivity index (χ0n) is 14.1. The van der Waals surface area contributed by atoms with Crippen LogP contribution in [0.2, 0.25) is 0 Å². The molecule has 0 atom stereocenters. The van der Waals surface area contributed by atoms with Crippen LogP contribution in [0.3, 0.4) is 0 Å². The highest BCUT2D eigenvalue weighted by molar-refractivity contribution is 5.94. The normalized spacial score (nSPS) is 15.5. The molecule has 0 radical (unpaired) electrons. The Morgan fingerprint density at radius 2 is 1.96 bits per heavy atom. The van der Waals surface area contributed by atoms with E-state index in [2.05, 4.69) is 28.9 Å². The van der Waals surface area contributed by atoms with E-state index in [1.165, 1.54) is 17.1 Å². The number of rotatable bonds is 7. The number of aryl methyl sites for hydroxylation is 1. The van der Waals surface area contributed by atoms with Gasteiger partial charge in [0.05, 0.1) is 18.0 Å². The summed E-state index contributed by atoms with van der Waals surface area (Å²) in [4.78, 5) is 1.64. The number of nitrogens with zero attached hydrogens (tertiary/aromatic N) is 3. The van der Waals surface area contributed by atoms with Gasteiger partial charge in [0.25, 0.3) is 0 Å². The van der Waals surface area contributed by atoms with Gasteiger partial charge in [-0.05, 0) is 37.8 Å². The first kappa shape index (κ1) is 18.8. The first-order valence-corrected chi connectivity index (χ1v) is 7.97. The summed E-state index contributed by atoms with van der Waals surface area (Å²) in [6.07, 6.45) is 0.544. The Morgan fingerprint density at radius 1 is 1.24 bits per heavy atom. The van der Waals surface area contributed by atoms with Crippen molar-refractivity contribution in [1.29, 1.82) is 0 Å². The van der Waals surface area contributed by atoms with Gasteiger partial charge in [0.2, 0.25) is 0 Å². The molecule has 0 aromatic heterocycles. The van der Waals surface area contributed by atoms with Gasteiger partial charge in [0.1, 0.15) is 5.84 Å². The Morgan fingerprint density at radius 3 is 2.60 bits per heavy atom. The number of benzene rings is 1. The molecule has 7 heteroatoms. The smallest absolute Gasteiger partial charge is 0.327 e. The molecule has 0 amide bonds. The second kappa shape index (κ2) is 8.50. The van der Waals surface area contributed by atoms with Gasteiger partial charge < -0.3 is 4.90 Å². The third kappa shape index (κ3) is 6.45. The molecule has 1 heterocycles. The third-order valence-electron chi connectivity index (χ3n) is 3.68. The van der Waals surface area contributed by atoms with Crippen LogP contribution in [0.15, 0.2) is 65.1 Å². The maximum atomic E-state index is 12.5. The molecule has 0 spiro atoms. The molecule has 1 aromatic carbocycles. The number of hydrogen-bond acceptors (Lipinski definition) is 4. The third-order valence-corrected chi connectivity index (χ3v) is 3.68. The van der Waals surface area contributed by atoms with Crippen molar-refractivity contribution in [3.8, 4) is 0 Å². The molecule has 1 aliphatic rings. The van der Waals surface area contributed by atoms with Gasteiger partial charge in [-0.3, -0.25) is 5.32 Å². The minimum atomic E-state index is -4.51. The van der Waals surface area contributed by atoms with Crippen LogP contribution in [0.5, 0.6) is 0 Å². The molecule has 25 heavy (non-hydrogen) atoms. The average Bonchev–Trinajstić information content (AvgIpc) is 2.57. The zero-order chi connectivity index (χ0) is 18.3. The van der Waals surface area contributed by atoms with E-state index in [4.69, 9.17) is 0 Å². The number of hydrogen-bond donors (Lipinski definition) is 1. The van der Waals surface area contributed by atoms with Crippen molar-refractivity contribution in [2.75, 3.05) is 6.54 Å². The molecular weight excluding hydrogens is 329 g/mol. The molecule has 0 fully saturated rings. The molecule has 0 unspecified atom stereocenters. The van der Waals surface area contributed by atoms with Gasteiger partial charge in [-0.2, -0.15) is 18.3 Å². The van der Waals surface area contributed by atoms with Crippen molar-refractivity contribution >= 4 is 11.5 Å². The monoisotopic (exact) mass is 350 g/mol. The molecule has 0 bridgehead atoms. The van der Waals surface area contributed by atoms with Crippen molar-refractivity contribution < 1.29 is 13.2 Å². The molecular formula is C18H21F3N4. The van der Waals surface area contributed by atoms with Crippen molar-refractivity contribution in [1.82, 2.24) is 10.2 Å². The Labute approximate surface area is 145 Å². The predicted octanol–water partition coefficient (Wildman–Crippen LogP) is 4.24. The van der Waals surface area contributed by atoms with E-state index in [0.29, 0.717) is 12.4 Å². The van der Waals surface area contributed by atoms with E-state index < -0.39 is 6.30 Å². The lowest BCUT2D eigenvalue weighted by Crippen LogP contribution is -2.36. The summed E-state index contributed by atoms with van der Waals surface area (Å²) in [7, 11) is 0. The number of allylic oxidation sites excluding steroid dienone is 1. The van der Waals surface area contributed by atoms with Crippen LogP contribution in [-0.4, -0.2) is 29.3 Å². The summed E-state index contributed by atoms with van der Waals surface area (Å²) < 4.78 is 37.4. The number of nitrogens with one attached hydrogen (secondary N) is 1. The van der Waals surface area contributed by atoms with Crippen LogP contribution in [0.1, 0.15) is 25.3 Å². The highest BCUT2D eigenvalue weighted by Crippen LogP contribution is 2.15. The van der Waals surface area contributed by atoms with Gasteiger partial charge in [0.15, 0.2) is 0 Å². The summed E-state index contributed by atoms with van der Waals surface area (Å²) in [6.45, 7) is 5.53. The fraction of sp³-hybridized carbons (Fsp3) is 0.333. The Kier molecular flexibility index (Phi) is 6.38. The molecule has 0 saturated heterocycles. The maximum absolute atomic E-state index is 12.5. The summed E-state index contributed by atoms with van der Waals surface area (Å²) in [6, 6.07) is 10.1. The molecule has 134 valence electrons. The highest BCUT2D eigenvalue weighted by atomic mass is 19.4. The van der Waals surface area contributed by atoms with E-state index in [1.807, 2.05) is 18.2 Å². The summed E-state index contributed by atoms with van der Waals surface area (Å²) in [5, 5.41) is 9.67. The van der Waals surface area contributed by atoms with Crippen LogP contribution >= 0.6 is 0 Å². The van der Waals surface area contributed by atoms with Crippen LogP contribution in [0, 0.1) is 0 Å². The lowest BCUT2D eigenvalue weighted by molar-refractivity contribution is -0.148. The van der Waals surface area contributed by atoms with Crippen LogP contribution in [-0.2, 0) is 6.42 Å². The minimum absolute atomic E-state index is 0.132. The molecule has 2 rings (SSSR count). The van der Waals surface area contributed by atoms with Crippen molar-refractivity contribution in [2.45, 2.75) is 32.5 Å². The average molecular weight is 350 g/mol. The minimum Gasteiger partial charge on any atom is -0.327 e. The lowest BCUT2D eigenvalue weighted by Gasteiger charge is -2.24. The molecule has 1 N–H and O–H groups in total. The van der Waals surface area contributed by atoms with Crippen molar-refractivity contribution in [3.05, 3.63) is 60.4 Å². The van der Waals surface area contributed by atoms with Gasteiger partial charge in [-0.15, -0.1) is 5.10 Å². The van der Waals surface area contributed by atoms with Crippen molar-refractivity contribution in [3.63, 3.8) is 0 Å². The predicted molar refractivity (Wildman–Crippen MR) is 94.1 cm³/mol. The quantitative estimate of drug-likeness (QED) is 0.590. The fourth-order valence-electron chi connectivity index (χ4n) is 2.42. The van der Waals surface area contributed by atoms with Crippen LogP contribution in [0.4, 0.5) is 13.2 Å². The van der Waals surface area contributed by atoms with Crippen molar-refractivity contribution in [2.24, 2.45) is 10.2 Å². The highest BCUT2D eigenvalue weighted by Gasteiger charge is 2.27. The second-order valence-corrected chi connectivity index (χ2v) is 5.69. The molecule has 1 aromatic rings. The standard InChI is InChI=1S/C18H21F3N4/c1-3-16(22-18(19,20)21)12-25-13-17(24-23-14(25)2)11-7-10-15-8-5-4-6-9-15/h3-6,8-9,12,22H,1,7,10-11,13H2,2H3/b16-12+. The number of halogens is 3. The van der Waals surface area contributed by atoms with E-state index in [9.17, 15) is 13.2 Å². The van der Waals surface area contributed by atoms with Crippen LogP contribution in [0.25, 0.3) is 0 Å². The summed E-state index contributed by atoms with van der Waals surface area (Å²) in [5.74, 6) is 0.537. The first-order valence-electron chi connectivity index (χ1n) is 7.97. The molecule has 1 aliphatic heterocycles. The molecule has 0 saturated carbocycles. The van der Waals surface area contributed by atoms with E-state index >= 15 is 0 Å². The molecule has 4 nitrogen and oxygen atoms in total. The molecule has 0 aliphatic carbocycles. The Hall–Kier alpha value is -2.57. The SMILES string of the molecule is C=C/C(=C\N1CC(CCCc2ccccc2)=NN=C1C)NC(F)(F)F. The first-order chi connectivity index (χ1) is 11.9. The van der Waals surface area contributed by atoms with Gasteiger partial charge in [-0.25, -0.2) is 0 Å². The Balaban J connectivity index is 1.94. The summed E-state index contributed by atoms with van der Waals surface area (Å²) in [5.41, 5.74) is 1.96. The van der Waals surface area contributed by atoms with Gasteiger partial charge in [-0.1, -0.05) is 36.9 Å². The van der Waals surface area contributed by atoms with Gasteiger partial charge in [0, 0.05) is 6.20 Å². The number of amidine groups is 1. The lowest BCUT2D eigenvalue weighted by atomic mass is 10.1. The van der Waals surface area contributed by atoms with E-state index in [1.54, 1.807) is 11.8 Å². The van der Waals surface area contributed by atoms with Crippen LogP contribution < -0.4 is 5.32 Å². The largest absolute Gasteiger partial charge is 0.482 e. The number of alkyl halides is 3. The zero-order valence-corrected chi connectivity index (χ0v) is 14.1.